The van der Waals surface area contributed by atoms with Crippen molar-refractivity contribution in [3.63, 3.8) is 0 Å². The molecule has 1 aliphatic heterocycles. The minimum Gasteiger partial charge on any atom is -0.356 e. The Labute approximate surface area is 185 Å². The largest absolute Gasteiger partial charge is 0.356 e. The summed E-state index contributed by atoms with van der Waals surface area (Å²) in [4.78, 5) is 5.00. The Morgan fingerprint density at radius 1 is 0.812 bits per heavy atom. The summed E-state index contributed by atoms with van der Waals surface area (Å²) >= 11 is 0. The lowest BCUT2D eigenvalue weighted by molar-refractivity contribution is 0.949. The molecule has 0 saturated carbocycles. The van der Waals surface area contributed by atoms with Crippen LogP contribution in [-0.2, 0) is 0 Å². The summed E-state index contributed by atoms with van der Waals surface area (Å²) < 4.78 is 4.53. The maximum absolute atomic E-state index is 5.00. The third-order valence-electron chi connectivity index (χ3n) is 6.46. The molecule has 0 spiro atoms. The molecule has 0 bridgehead atoms. The van der Waals surface area contributed by atoms with Gasteiger partial charge in [-0.2, -0.15) is 0 Å². The van der Waals surface area contributed by atoms with Crippen LogP contribution in [0.4, 0.5) is 0 Å². The molecule has 3 heterocycles. The van der Waals surface area contributed by atoms with Crippen LogP contribution in [0.15, 0.2) is 121 Å². The van der Waals surface area contributed by atoms with Gasteiger partial charge in [0.25, 0.3) is 0 Å². The summed E-state index contributed by atoms with van der Waals surface area (Å²) in [6.07, 6.45) is 8.62. The second-order valence-electron chi connectivity index (χ2n) is 8.34. The van der Waals surface area contributed by atoms with E-state index < -0.39 is 0 Å². The van der Waals surface area contributed by atoms with Gasteiger partial charge in [-0.1, -0.05) is 55.1 Å². The van der Waals surface area contributed by atoms with Crippen LogP contribution in [-0.4, -0.2) is 14.0 Å². The Bertz CT molecular complexity index is 1660. The molecule has 0 amide bonds. The van der Waals surface area contributed by atoms with Gasteiger partial charge < -0.3 is 5.32 Å². The summed E-state index contributed by atoms with van der Waals surface area (Å²) in [7, 11) is 0. The maximum Gasteiger partial charge on any atom is 0.220 e. The van der Waals surface area contributed by atoms with Gasteiger partial charge in [0, 0.05) is 23.0 Å². The third-order valence-corrected chi connectivity index (χ3v) is 6.46. The van der Waals surface area contributed by atoms with Gasteiger partial charge in [0.1, 0.15) is 0 Å². The van der Waals surface area contributed by atoms with Crippen LogP contribution in [0.5, 0.6) is 0 Å². The minimum atomic E-state index is 0.191. The van der Waals surface area contributed by atoms with Crippen molar-refractivity contribution in [2.24, 2.45) is 0 Å². The van der Waals surface area contributed by atoms with Gasteiger partial charge >= 0.3 is 0 Å². The van der Waals surface area contributed by atoms with Crippen molar-refractivity contribution < 1.29 is 0 Å². The van der Waals surface area contributed by atoms with E-state index in [-0.39, 0.29) is 5.92 Å². The smallest absolute Gasteiger partial charge is 0.220 e. The molecule has 2 aliphatic rings. The zero-order chi connectivity index (χ0) is 21.2. The van der Waals surface area contributed by atoms with Crippen molar-refractivity contribution in [2.45, 2.75) is 5.92 Å². The summed E-state index contributed by atoms with van der Waals surface area (Å²) in [5.41, 5.74) is 10.2. The molecule has 1 atom stereocenters. The number of hydrogen-bond acceptors (Lipinski definition) is 2. The molecule has 4 nitrogen and oxygen atoms in total. The number of benzene rings is 3. The normalized spacial score (nSPS) is 17.6. The molecular weight excluding hydrogens is 392 g/mol. The van der Waals surface area contributed by atoms with Crippen LogP contribution in [0.3, 0.4) is 0 Å². The van der Waals surface area contributed by atoms with E-state index in [1.807, 2.05) is 12.1 Å². The van der Waals surface area contributed by atoms with Crippen molar-refractivity contribution >= 4 is 27.8 Å². The van der Waals surface area contributed by atoms with E-state index in [4.69, 9.17) is 4.98 Å². The summed E-state index contributed by atoms with van der Waals surface area (Å²) in [6.45, 7) is 4.09. The highest BCUT2D eigenvalue weighted by Gasteiger charge is 2.24. The first kappa shape index (κ1) is 17.4. The average molecular weight is 412 g/mol. The fourth-order valence-corrected chi connectivity index (χ4v) is 4.91. The number of fused-ring (bicyclic) bond motifs is 5. The van der Waals surface area contributed by atoms with Gasteiger partial charge in [-0.15, -0.1) is 0 Å². The minimum absolute atomic E-state index is 0.191. The van der Waals surface area contributed by atoms with Crippen LogP contribution >= 0.6 is 0 Å². The lowest BCUT2D eigenvalue weighted by Crippen LogP contribution is -2.15. The first-order valence-electron chi connectivity index (χ1n) is 10.8. The Morgan fingerprint density at radius 3 is 2.50 bits per heavy atom. The standard InChI is InChI=1S/C28H20N4/c1-18-11-13-21(22-14-15-23(22)29-18)19-12-16-26-27(17-19)32-25-10-6-5-9-24(25)30-28(32)31(26)20-7-3-2-4-8-20/h2-17,21,29H,1H2/t21-/m1/s1. The Hall–Kier alpha value is -4.31. The number of hydrogen-bond donors (Lipinski definition) is 1. The molecule has 0 fully saturated rings. The molecule has 3 aromatic carbocycles. The molecule has 152 valence electrons. The quantitative estimate of drug-likeness (QED) is 0.385. The van der Waals surface area contributed by atoms with E-state index in [0.29, 0.717) is 0 Å². The molecule has 7 rings (SSSR count). The van der Waals surface area contributed by atoms with Crippen molar-refractivity contribution in [3.05, 3.63) is 126 Å². The fourth-order valence-electron chi connectivity index (χ4n) is 4.91. The number of aromatic nitrogens is 3. The number of nitrogens with one attached hydrogen (secondary N) is 1. The summed E-state index contributed by atoms with van der Waals surface area (Å²) in [5, 5.41) is 3.38. The van der Waals surface area contributed by atoms with Crippen LogP contribution in [0.1, 0.15) is 11.5 Å². The van der Waals surface area contributed by atoms with E-state index in [1.165, 1.54) is 11.1 Å². The van der Waals surface area contributed by atoms with Crippen LogP contribution < -0.4 is 5.32 Å². The predicted molar refractivity (Wildman–Crippen MR) is 130 cm³/mol. The van der Waals surface area contributed by atoms with Crippen LogP contribution in [0.2, 0.25) is 0 Å². The summed E-state index contributed by atoms with van der Waals surface area (Å²) in [6, 6.07) is 25.6. The maximum atomic E-state index is 5.00. The van der Waals surface area contributed by atoms with Crippen molar-refractivity contribution in [2.75, 3.05) is 0 Å². The fraction of sp³-hybridized carbons (Fsp3) is 0.0357. The van der Waals surface area contributed by atoms with Gasteiger partial charge in [0.2, 0.25) is 5.78 Å². The number of allylic oxidation sites excluding steroid dienone is 5. The Morgan fingerprint density at radius 2 is 1.66 bits per heavy atom. The monoisotopic (exact) mass is 412 g/mol. The van der Waals surface area contributed by atoms with Crippen molar-refractivity contribution in [3.8, 4) is 5.69 Å². The molecule has 5 aromatic rings. The first-order chi connectivity index (χ1) is 15.8. The van der Waals surface area contributed by atoms with Gasteiger partial charge in [-0.3, -0.25) is 8.97 Å². The molecule has 0 radical (unpaired) electrons. The second kappa shape index (κ2) is 6.34. The zero-order valence-electron chi connectivity index (χ0n) is 17.4. The van der Waals surface area contributed by atoms with E-state index in [1.54, 1.807) is 0 Å². The number of imidazole rings is 2. The molecule has 2 aromatic heterocycles. The lowest BCUT2D eigenvalue weighted by atomic mass is 9.85. The van der Waals surface area contributed by atoms with Crippen LogP contribution in [0, 0.1) is 0 Å². The molecule has 0 unspecified atom stereocenters. The molecule has 1 N–H and O–H groups in total. The Kier molecular flexibility index (Phi) is 3.45. The highest BCUT2D eigenvalue weighted by molar-refractivity contribution is 5.92. The van der Waals surface area contributed by atoms with Gasteiger partial charge in [-0.05, 0) is 59.7 Å². The lowest BCUT2D eigenvalue weighted by Gasteiger charge is -2.22. The SMILES string of the molecule is C=C1C=C[C@H](c2ccc3c(c2)n2c4ccccc4nc2n3-c2ccccc2)C2=C(C=C2)N1. The van der Waals surface area contributed by atoms with Crippen molar-refractivity contribution in [1.29, 1.82) is 0 Å². The molecule has 32 heavy (non-hydrogen) atoms. The van der Waals surface area contributed by atoms with E-state index >= 15 is 0 Å². The van der Waals surface area contributed by atoms with Crippen molar-refractivity contribution in [1.82, 2.24) is 19.3 Å². The summed E-state index contributed by atoms with van der Waals surface area (Å²) in [5.74, 6) is 1.12. The number of nitrogens with zero attached hydrogens (tertiary/aromatic N) is 3. The molecule has 4 heteroatoms. The predicted octanol–water partition coefficient (Wildman–Crippen LogP) is 6.01. The number of rotatable bonds is 2. The van der Waals surface area contributed by atoms with Crippen LogP contribution in [0.25, 0.3) is 33.5 Å². The van der Waals surface area contributed by atoms with E-state index in [9.17, 15) is 0 Å². The van der Waals surface area contributed by atoms with E-state index in [0.717, 1.165) is 44.9 Å². The highest BCUT2D eigenvalue weighted by Crippen LogP contribution is 2.38. The topological polar surface area (TPSA) is 34.3 Å². The second-order valence-corrected chi connectivity index (χ2v) is 8.34. The van der Waals surface area contributed by atoms with E-state index in [2.05, 4.69) is 106 Å². The molecule has 1 aliphatic carbocycles. The highest BCUT2D eigenvalue weighted by atomic mass is 15.2. The average Bonchev–Trinajstić information content (AvgIpc) is 3.30. The molecular formula is C28H20N4. The van der Waals surface area contributed by atoms with Gasteiger partial charge in [0.15, 0.2) is 0 Å². The zero-order valence-corrected chi connectivity index (χ0v) is 17.4. The number of para-hydroxylation sites is 3. The third kappa shape index (κ3) is 2.35. The first-order valence-corrected chi connectivity index (χ1v) is 10.8. The molecule has 0 saturated heterocycles. The van der Waals surface area contributed by atoms with Gasteiger partial charge in [-0.25, -0.2) is 4.98 Å². The van der Waals surface area contributed by atoms with Gasteiger partial charge in [0.05, 0.1) is 22.1 Å². The Balaban J connectivity index is 1.54.